The molecule has 214 valence electrons. The number of carbonyl (C=O) groups is 3. The molecular weight excluding hydrogens is 544 g/mol. The van der Waals surface area contributed by atoms with E-state index in [-0.39, 0.29) is 12.5 Å². The molecule has 3 N–H and O–H groups in total. The third-order valence-corrected chi connectivity index (χ3v) is 9.10. The second-order valence-electron chi connectivity index (χ2n) is 10.0. The van der Waals surface area contributed by atoms with Crippen molar-refractivity contribution in [1.82, 2.24) is 10.6 Å². The molecular formula is C31H32N2O7S. The molecule has 4 atom stereocenters. The van der Waals surface area contributed by atoms with Crippen molar-refractivity contribution in [3.8, 4) is 22.6 Å². The normalized spacial score (nSPS) is 19.9. The van der Waals surface area contributed by atoms with E-state index in [1.165, 1.54) is 18.9 Å². The fourth-order valence-electron chi connectivity index (χ4n) is 5.59. The molecule has 0 bridgehead atoms. The van der Waals surface area contributed by atoms with Crippen molar-refractivity contribution in [2.75, 3.05) is 26.6 Å². The van der Waals surface area contributed by atoms with Gasteiger partial charge in [0.05, 0.1) is 26.2 Å². The fourth-order valence-corrected chi connectivity index (χ4v) is 7.18. The summed E-state index contributed by atoms with van der Waals surface area (Å²) in [6.45, 7) is 1.67. The molecule has 0 spiro atoms. The molecule has 0 aromatic heterocycles. The second-order valence-corrected chi connectivity index (χ2v) is 11.2. The van der Waals surface area contributed by atoms with Crippen LogP contribution < -0.4 is 20.1 Å². The van der Waals surface area contributed by atoms with Crippen LogP contribution in [0.3, 0.4) is 0 Å². The molecule has 3 aromatic rings. The number of alkyl carbamates (subject to hydrolysis) is 1. The van der Waals surface area contributed by atoms with Crippen LogP contribution in [-0.4, -0.2) is 61.7 Å². The lowest BCUT2D eigenvalue weighted by Gasteiger charge is -2.24. The number of hydrogen-bond donors (Lipinski definition) is 3. The van der Waals surface area contributed by atoms with Crippen molar-refractivity contribution < 1.29 is 33.7 Å². The highest BCUT2D eigenvalue weighted by atomic mass is 32.2. The van der Waals surface area contributed by atoms with Crippen LogP contribution in [0, 0.1) is 5.92 Å². The molecule has 1 aliphatic carbocycles. The summed E-state index contributed by atoms with van der Waals surface area (Å²) in [7, 11) is 3.06. The number of aliphatic carboxylic acids is 1. The van der Waals surface area contributed by atoms with E-state index in [1.807, 2.05) is 36.4 Å². The van der Waals surface area contributed by atoms with E-state index >= 15 is 0 Å². The number of carbonyl (C=O) groups excluding carboxylic acids is 2. The van der Waals surface area contributed by atoms with Crippen LogP contribution in [0.5, 0.6) is 11.5 Å². The van der Waals surface area contributed by atoms with Gasteiger partial charge in [-0.3, -0.25) is 9.59 Å². The predicted octanol–water partition coefficient (Wildman–Crippen LogP) is 4.60. The number of nitrogens with one attached hydrogen (secondary N) is 2. The Bertz CT molecular complexity index is 1420. The molecule has 10 heteroatoms. The lowest BCUT2D eigenvalue weighted by molar-refractivity contribution is -0.142. The van der Waals surface area contributed by atoms with Crippen LogP contribution in [0.25, 0.3) is 11.1 Å². The van der Waals surface area contributed by atoms with Crippen molar-refractivity contribution in [3.05, 3.63) is 83.4 Å². The minimum atomic E-state index is -1.03. The predicted molar refractivity (Wildman–Crippen MR) is 155 cm³/mol. The Morgan fingerprint density at radius 1 is 0.951 bits per heavy atom. The van der Waals surface area contributed by atoms with Crippen molar-refractivity contribution in [2.24, 2.45) is 5.92 Å². The molecule has 1 saturated heterocycles. The number of fused-ring (bicyclic) bond motifs is 3. The number of thioether (sulfide) groups is 1. The van der Waals surface area contributed by atoms with E-state index in [4.69, 9.17) is 14.2 Å². The Hall–Kier alpha value is -4.18. The van der Waals surface area contributed by atoms with Gasteiger partial charge in [-0.2, -0.15) is 11.8 Å². The Morgan fingerprint density at radius 3 is 2.22 bits per heavy atom. The second kappa shape index (κ2) is 12.1. The van der Waals surface area contributed by atoms with E-state index < -0.39 is 41.2 Å². The van der Waals surface area contributed by atoms with Crippen LogP contribution in [0.4, 0.5) is 4.79 Å². The molecule has 5 rings (SSSR count). The van der Waals surface area contributed by atoms with Crippen LogP contribution in [-0.2, 0) is 14.3 Å². The summed E-state index contributed by atoms with van der Waals surface area (Å²) in [6.07, 6.45) is -0.717. The van der Waals surface area contributed by atoms with E-state index in [0.717, 1.165) is 22.3 Å². The summed E-state index contributed by atoms with van der Waals surface area (Å²) in [5.74, 6) is -1.01. The van der Waals surface area contributed by atoms with E-state index in [9.17, 15) is 19.5 Å². The highest BCUT2D eigenvalue weighted by molar-refractivity contribution is 7.99. The maximum atomic E-state index is 13.0. The molecule has 3 aromatic carbocycles. The molecule has 0 radical (unpaired) electrons. The average Bonchev–Trinajstić information content (AvgIpc) is 3.54. The topological polar surface area (TPSA) is 123 Å². The summed E-state index contributed by atoms with van der Waals surface area (Å²) in [5, 5.41) is 15.0. The molecule has 41 heavy (non-hydrogen) atoms. The van der Waals surface area contributed by atoms with Gasteiger partial charge in [0, 0.05) is 28.6 Å². The molecule has 1 heterocycles. The summed E-state index contributed by atoms with van der Waals surface area (Å²) >= 11 is 1.43. The molecule has 0 saturated carbocycles. The lowest BCUT2D eigenvalue weighted by Crippen LogP contribution is -2.51. The SMILES string of the molecule is COc1ccc(C2SCC(NC(=O)C(C)NC(=O)OCC3c4ccccc4-c4ccccc43)C2C(=O)O)c(OC)c1. The quantitative estimate of drug-likeness (QED) is 0.338. The van der Waals surface area contributed by atoms with E-state index in [1.54, 1.807) is 32.2 Å². The zero-order chi connectivity index (χ0) is 29.1. The number of carboxylic acid groups (broad SMARTS) is 1. The third kappa shape index (κ3) is 5.69. The highest BCUT2D eigenvalue weighted by Gasteiger charge is 2.45. The Labute approximate surface area is 242 Å². The zero-order valence-electron chi connectivity index (χ0n) is 23.0. The van der Waals surface area contributed by atoms with Gasteiger partial charge in [-0.1, -0.05) is 54.6 Å². The zero-order valence-corrected chi connectivity index (χ0v) is 23.8. The lowest BCUT2D eigenvalue weighted by atomic mass is 9.92. The van der Waals surface area contributed by atoms with Gasteiger partial charge in [-0.05, 0) is 35.2 Å². The van der Waals surface area contributed by atoms with E-state index in [2.05, 4.69) is 22.8 Å². The number of rotatable bonds is 9. The number of ether oxygens (including phenoxy) is 3. The number of benzene rings is 3. The van der Waals surface area contributed by atoms with Gasteiger partial charge >= 0.3 is 12.1 Å². The maximum absolute atomic E-state index is 13.0. The van der Waals surface area contributed by atoms with Gasteiger partial charge in [0.2, 0.25) is 5.91 Å². The van der Waals surface area contributed by atoms with Gasteiger partial charge < -0.3 is 30.0 Å². The van der Waals surface area contributed by atoms with Crippen LogP contribution in [0.2, 0.25) is 0 Å². The first kappa shape index (κ1) is 28.4. The third-order valence-electron chi connectivity index (χ3n) is 7.65. The highest BCUT2D eigenvalue weighted by Crippen LogP contribution is 2.48. The number of hydrogen-bond acceptors (Lipinski definition) is 7. The van der Waals surface area contributed by atoms with Crippen LogP contribution in [0.15, 0.2) is 66.7 Å². The Kier molecular flexibility index (Phi) is 8.39. The monoisotopic (exact) mass is 576 g/mol. The smallest absolute Gasteiger partial charge is 0.407 e. The number of methoxy groups -OCH3 is 2. The fraction of sp³-hybridized carbons (Fsp3) is 0.323. The van der Waals surface area contributed by atoms with Gasteiger partial charge in [0.25, 0.3) is 0 Å². The molecule has 2 amide bonds. The summed E-state index contributed by atoms with van der Waals surface area (Å²) in [4.78, 5) is 38.0. The van der Waals surface area contributed by atoms with Crippen molar-refractivity contribution in [1.29, 1.82) is 0 Å². The largest absolute Gasteiger partial charge is 0.497 e. The van der Waals surface area contributed by atoms with Crippen molar-refractivity contribution in [2.45, 2.75) is 30.2 Å². The Morgan fingerprint density at radius 2 is 1.61 bits per heavy atom. The molecule has 9 nitrogen and oxygen atoms in total. The average molecular weight is 577 g/mol. The molecule has 4 unspecified atom stereocenters. The summed E-state index contributed by atoms with van der Waals surface area (Å²) < 4.78 is 16.3. The Balaban J connectivity index is 1.19. The van der Waals surface area contributed by atoms with Crippen molar-refractivity contribution >= 4 is 29.7 Å². The maximum Gasteiger partial charge on any atom is 0.407 e. The first-order valence-electron chi connectivity index (χ1n) is 13.3. The van der Waals surface area contributed by atoms with Gasteiger partial charge in [-0.25, -0.2) is 4.79 Å². The first-order chi connectivity index (χ1) is 19.8. The van der Waals surface area contributed by atoms with Crippen LogP contribution in [0.1, 0.15) is 34.8 Å². The van der Waals surface area contributed by atoms with Gasteiger partial charge in [0.1, 0.15) is 24.1 Å². The minimum Gasteiger partial charge on any atom is -0.497 e. The molecule has 1 aliphatic heterocycles. The standard InChI is InChI=1S/C31H32N2O7S/c1-17(32-31(37)40-15-24-21-10-6-4-8-19(21)20-9-5-7-11-22(20)24)29(34)33-25-16-41-28(27(25)30(35)36)23-13-12-18(38-2)14-26(23)39-3/h4-14,17,24-25,27-28H,15-16H2,1-3H3,(H,32,37)(H,33,34)(H,35,36). The summed E-state index contributed by atoms with van der Waals surface area (Å²) in [5.41, 5.74) is 5.14. The molecule has 2 aliphatic rings. The minimum absolute atomic E-state index is 0.101. The first-order valence-corrected chi connectivity index (χ1v) is 14.4. The number of amides is 2. The summed E-state index contributed by atoms with van der Waals surface area (Å²) in [6, 6.07) is 19.8. The number of carboxylic acids is 1. The van der Waals surface area contributed by atoms with E-state index in [0.29, 0.717) is 22.8 Å². The van der Waals surface area contributed by atoms with Crippen molar-refractivity contribution in [3.63, 3.8) is 0 Å². The van der Waals surface area contributed by atoms with Crippen LogP contribution >= 0.6 is 11.8 Å². The van der Waals surface area contributed by atoms with Gasteiger partial charge in [0.15, 0.2) is 0 Å². The van der Waals surface area contributed by atoms with Gasteiger partial charge in [-0.15, -0.1) is 0 Å². The molecule has 1 fully saturated rings.